The Morgan fingerprint density at radius 3 is 2.76 bits per heavy atom. The molecule has 0 fully saturated rings. The second kappa shape index (κ2) is 6.38. The van der Waals surface area contributed by atoms with Crippen molar-refractivity contribution in [2.75, 3.05) is 7.11 Å². The number of rotatable bonds is 5. The monoisotopic (exact) mass is 275 g/mol. The zero-order chi connectivity index (χ0) is 13.0. The van der Waals surface area contributed by atoms with Crippen LogP contribution < -0.4 is 5.73 Å². The van der Waals surface area contributed by atoms with Crippen LogP contribution in [-0.2, 0) is 9.53 Å². The Morgan fingerprint density at radius 2 is 2.29 bits per heavy atom. The zero-order valence-electron chi connectivity index (χ0n) is 10.3. The third-order valence-corrected chi connectivity index (χ3v) is 4.33. The molecule has 1 aromatic rings. The highest BCUT2D eigenvalue weighted by Crippen LogP contribution is 2.32. The summed E-state index contributed by atoms with van der Waals surface area (Å²) in [4.78, 5) is 12.2. The molecule has 0 radical (unpaired) electrons. The molecule has 0 aliphatic heterocycles. The summed E-state index contributed by atoms with van der Waals surface area (Å²) >= 11 is 7.52. The maximum atomic E-state index is 11.1. The predicted molar refractivity (Wildman–Crippen MR) is 71.4 cm³/mol. The van der Waals surface area contributed by atoms with E-state index in [1.54, 1.807) is 0 Å². The van der Waals surface area contributed by atoms with Crippen molar-refractivity contribution in [3.05, 3.63) is 20.8 Å². The standard InChI is InChI=1S/C12H18ClNO2S/c1-7(5-11(15)16-3)4-9(14)10-6-8(2)12(13)17-10/h6-7,9H,4-5,14H2,1-3H3. The van der Waals surface area contributed by atoms with Gasteiger partial charge in [-0.05, 0) is 30.9 Å². The molecule has 2 unspecified atom stereocenters. The molecule has 0 saturated heterocycles. The number of hydrogen-bond acceptors (Lipinski definition) is 4. The molecule has 96 valence electrons. The Hall–Kier alpha value is -0.580. The summed E-state index contributed by atoms with van der Waals surface area (Å²) in [5.41, 5.74) is 7.15. The van der Waals surface area contributed by atoms with Crippen molar-refractivity contribution in [2.45, 2.75) is 32.7 Å². The van der Waals surface area contributed by atoms with Gasteiger partial charge in [0, 0.05) is 17.3 Å². The van der Waals surface area contributed by atoms with Crippen LogP contribution in [0.2, 0.25) is 4.34 Å². The summed E-state index contributed by atoms with van der Waals surface area (Å²) in [6, 6.07) is 1.95. The SMILES string of the molecule is COC(=O)CC(C)CC(N)c1cc(C)c(Cl)s1. The van der Waals surface area contributed by atoms with Gasteiger partial charge in [-0.3, -0.25) is 4.79 Å². The van der Waals surface area contributed by atoms with E-state index in [1.807, 2.05) is 19.9 Å². The summed E-state index contributed by atoms with van der Waals surface area (Å²) in [6.07, 6.45) is 1.16. The first kappa shape index (κ1) is 14.5. The van der Waals surface area contributed by atoms with Crippen LogP contribution in [0.1, 0.15) is 36.2 Å². The minimum Gasteiger partial charge on any atom is -0.469 e. The second-order valence-electron chi connectivity index (χ2n) is 4.33. The molecule has 0 amide bonds. The van der Waals surface area contributed by atoms with E-state index in [4.69, 9.17) is 17.3 Å². The van der Waals surface area contributed by atoms with Gasteiger partial charge in [0.1, 0.15) is 0 Å². The molecule has 17 heavy (non-hydrogen) atoms. The molecular weight excluding hydrogens is 258 g/mol. The van der Waals surface area contributed by atoms with Gasteiger partial charge in [0.2, 0.25) is 0 Å². The van der Waals surface area contributed by atoms with Gasteiger partial charge < -0.3 is 10.5 Å². The number of halogens is 1. The number of thiophene rings is 1. The van der Waals surface area contributed by atoms with Crippen LogP contribution in [0.5, 0.6) is 0 Å². The van der Waals surface area contributed by atoms with E-state index < -0.39 is 0 Å². The Labute approximate surface area is 111 Å². The van der Waals surface area contributed by atoms with Gasteiger partial charge in [-0.2, -0.15) is 0 Å². The van der Waals surface area contributed by atoms with Crippen molar-refractivity contribution in [3.8, 4) is 0 Å². The molecule has 0 spiro atoms. The molecule has 0 saturated carbocycles. The quantitative estimate of drug-likeness (QED) is 0.839. The van der Waals surface area contributed by atoms with Gasteiger partial charge in [0.15, 0.2) is 0 Å². The number of esters is 1. The smallest absolute Gasteiger partial charge is 0.305 e. The third-order valence-electron chi connectivity index (χ3n) is 2.64. The van der Waals surface area contributed by atoms with E-state index in [2.05, 4.69) is 4.74 Å². The van der Waals surface area contributed by atoms with Gasteiger partial charge in [-0.1, -0.05) is 18.5 Å². The average molecular weight is 276 g/mol. The lowest BCUT2D eigenvalue weighted by molar-refractivity contribution is -0.141. The molecular formula is C12H18ClNO2S. The summed E-state index contributed by atoms with van der Waals surface area (Å²) < 4.78 is 5.42. The van der Waals surface area contributed by atoms with Crippen molar-refractivity contribution in [2.24, 2.45) is 11.7 Å². The number of carbonyl (C=O) groups excluding carboxylic acids is 1. The molecule has 1 aromatic heterocycles. The van der Waals surface area contributed by atoms with E-state index in [-0.39, 0.29) is 17.9 Å². The van der Waals surface area contributed by atoms with Crippen LogP contribution in [0.4, 0.5) is 0 Å². The molecule has 0 bridgehead atoms. The fourth-order valence-electron chi connectivity index (χ4n) is 1.67. The van der Waals surface area contributed by atoms with Crippen LogP contribution in [-0.4, -0.2) is 13.1 Å². The molecule has 3 nitrogen and oxygen atoms in total. The topological polar surface area (TPSA) is 52.3 Å². The van der Waals surface area contributed by atoms with E-state index in [1.165, 1.54) is 18.4 Å². The second-order valence-corrected chi connectivity index (χ2v) is 6.02. The molecule has 0 aromatic carbocycles. The first-order valence-corrected chi connectivity index (χ1v) is 6.71. The molecule has 1 rings (SSSR count). The van der Waals surface area contributed by atoms with Crippen molar-refractivity contribution in [3.63, 3.8) is 0 Å². The number of hydrogen-bond donors (Lipinski definition) is 1. The van der Waals surface area contributed by atoms with Crippen molar-refractivity contribution in [1.82, 2.24) is 0 Å². The number of aryl methyl sites for hydroxylation is 1. The maximum Gasteiger partial charge on any atom is 0.305 e. The van der Waals surface area contributed by atoms with Gasteiger partial charge >= 0.3 is 5.97 Å². The first-order valence-electron chi connectivity index (χ1n) is 5.52. The normalized spacial score (nSPS) is 14.4. The highest BCUT2D eigenvalue weighted by molar-refractivity contribution is 7.16. The average Bonchev–Trinajstić information content (AvgIpc) is 2.59. The fraction of sp³-hybridized carbons (Fsp3) is 0.583. The summed E-state index contributed by atoms with van der Waals surface area (Å²) in [5, 5.41) is 0. The molecule has 0 aliphatic rings. The largest absolute Gasteiger partial charge is 0.469 e. The highest BCUT2D eigenvalue weighted by atomic mass is 35.5. The number of ether oxygens (including phenoxy) is 1. The van der Waals surface area contributed by atoms with E-state index in [0.29, 0.717) is 6.42 Å². The lowest BCUT2D eigenvalue weighted by atomic mass is 9.98. The fourth-order valence-corrected chi connectivity index (χ4v) is 2.90. The van der Waals surface area contributed by atoms with Gasteiger partial charge in [0.05, 0.1) is 11.4 Å². The van der Waals surface area contributed by atoms with Gasteiger partial charge in [-0.25, -0.2) is 0 Å². The maximum absolute atomic E-state index is 11.1. The lowest BCUT2D eigenvalue weighted by Gasteiger charge is -2.15. The van der Waals surface area contributed by atoms with Gasteiger partial charge in [-0.15, -0.1) is 11.3 Å². The van der Waals surface area contributed by atoms with Crippen LogP contribution >= 0.6 is 22.9 Å². The van der Waals surface area contributed by atoms with Crippen LogP contribution in [0.3, 0.4) is 0 Å². The Balaban J connectivity index is 2.54. The lowest BCUT2D eigenvalue weighted by Crippen LogP contribution is -2.15. The van der Waals surface area contributed by atoms with Crippen LogP contribution in [0, 0.1) is 12.8 Å². The van der Waals surface area contributed by atoms with Crippen LogP contribution in [0.15, 0.2) is 6.07 Å². The Morgan fingerprint density at radius 1 is 1.65 bits per heavy atom. The summed E-state index contributed by atoms with van der Waals surface area (Å²) in [7, 11) is 1.40. The van der Waals surface area contributed by atoms with Crippen molar-refractivity contribution in [1.29, 1.82) is 0 Å². The molecule has 5 heteroatoms. The summed E-state index contributed by atoms with van der Waals surface area (Å²) in [6.45, 7) is 3.96. The Bertz CT molecular complexity index is 372. The summed E-state index contributed by atoms with van der Waals surface area (Å²) in [5.74, 6) is 0.0173. The van der Waals surface area contributed by atoms with E-state index in [9.17, 15) is 4.79 Å². The van der Waals surface area contributed by atoms with Crippen LogP contribution in [0.25, 0.3) is 0 Å². The number of methoxy groups -OCH3 is 1. The number of nitrogens with two attached hydrogens (primary N) is 1. The minimum absolute atomic E-state index is 0.0640. The third kappa shape index (κ3) is 4.30. The van der Waals surface area contributed by atoms with Gasteiger partial charge in [0.25, 0.3) is 0 Å². The zero-order valence-corrected chi connectivity index (χ0v) is 11.9. The molecule has 1 heterocycles. The van der Waals surface area contributed by atoms with E-state index in [0.717, 1.165) is 21.2 Å². The molecule has 2 atom stereocenters. The molecule has 2 N–H and O–H groups in total. The number of carbonyl (C=O) groups is 1. The van der Waals surface area contributed by atoms with E-state index >= 15 is 0 Å². The van der Waals surface area contributed by atoms with Crippen molar-refractivity contribution >= 4 is 28.9 Å². The minimum atomic E-state index is -0.190. The Kier molecular flexibility index (Phi) is 5.43. The predicted octanol–water partition coefficient (Wildman–Crippen LogP) is 3.30. The highest BCUT2D eigenvalue weighted by Gasteiger charge is 2.17. The van der Waals surface area contributed by atoms with Crippen molar-refractivity contribution < 1.29 is 9.53 Å². The first-order chi connectivity index (χ1) is 7.93. The molecule has 0 aliphatic carbocycles.